The van der Waals surface area contributed by atoms with Gasteiger partial charge in [0, 0.05) is 17.6 Å². The number of halogens is 1. The summed E-state index contributed by atoms with van der Waals surface area (Å²) in [6.07, 6.45) is 1.34. The van der Waals surface area contributed by atoms with Crippen LogP contribution in [0.5, 0.6) is 11.5 Å². The molecule has 31 heavy (non-hydrogen) atoms. The monoisotopic (exact) mass is 490 g/mol. The summed E-state index contributed by atoms with van der Waals surface area (Å²) in [6, 6.07) is 12.5. The van der Waals surface area contributed by atoms with Crippen LogP contribution in [-0.4, -0.2) is 43.0 Å². The van der Waals surface area contributed by atoms with E-state index in [4.69, 9.17) is 9.47 Å². The van der Waals surface area contributed by atoms with Crippen molar-refractivity contribution in [2.45, 2.75) is 46.2 Å². The van der Waals surface area contributed by atoms with Crippen molar-refractivity contribution in [1.29, 1.82) is 0 Å². The number of amides is 2. The van der Waals surface area contributed by atoms with Gasteiger partial charge in [0.05, 0.1) is 7.11 Å². The molecule has 0 radical (unpaired) electrons. The average molecular weight is 491 g/mol. The number of aryl methyl sites for hydroxylation is 1. The lowest BCUT2D eigenvalue weighted by molar-refractivity contribution is -0.143. The van der Waals surface area contributed by atoms with Crippen LogP contribution >= 0.6 is 15.9 Å². The molecule has 0 aliphatic carbocycles. The average Bonchev–Trinajstić information content (AvgIpc) is 2.78. The minimum absolute atomic E-state index is 0.144. The van der Waals surface area contributed by atoms with Crippen LogP contribution in [0.15, 0.2) is 46.9 Å². The molecule has 0 bridgehead atoms. The molecule has 0 aliphatic heterocycles. The van der Waals surface area contributed by atoms with Gasteiger partial charge in [-0.2, -0.15) is 0 Å². The summed E-state index contributed by atoms with van der Waals surface area (Å²) >= 11 is 3.46. The Morgan fingerprint density at radius 3 is 2.35 bits per heavy atom. The van der Waals surface area contributed by atoms with Gasteiger partial charge in [-0.1, -0.05) is 41.9 Å². The first kappa shape index (κ1) is 24.7. The van der Waals surface area contributed by atoms with E-state index in [9.17, 15) is 9.59 Å². The molecule has 0 spiro atoms. The Balaban J connectivity index is 2.19. The van der Waals surface area contributed by atoms with Gasteiger partial charge >= 0.3 is 0 Å². The van der Waals surface area contributed by atoms with Crippen molar-refractivity contribution in [2.24, 2.45) is 0 Å². The van der Waals surface area contributed by atoms with Crippen LogP contribution in [-0.2, 0) is 16.1 Å². The van der Waals surface area contributed by atoms with Crippen molar-refractivity contribution in [3.05, 3.63) is 58.1 Å². The second-order valence-corrected chi connectivity index (χ2v) is 8.14. The predicted molar refractivity (Wildman–Crippen MR) is 125 cm³/mol. The Hall–Kier alpha value is -2.54. The standard InChI is InChI=1S/C24H31BrN2O4/c1-5-13-26-24(29)22(6-2)27(15-18-7-9-19(30-4)10-8-18)23(28)16-31-20-11-12-21(25)17(3)14-20/h7-12,14,22H,5-6,13,15-16H2,1-4H3,(H,26,29)/t22-/m0/s1. The molecule has 0 heterocycles. The van der Waals surface area contributed by atoms with E-state index in [0.717, 1.165) is 27.8 Å². The third kappa shape index (κ3) is 7.28. The summed E-state index contributed by atoms with van der Waals surface area (Å²) in [6.45, 7) is 6.60. The number of methoxy groups -OCH3 is 1. The molecule has 2 aromatic rings. The highest BCUT2D eigenvalue weighted by molar-refractivity contribution is 9.10. The molecule has 2 amide bonds. The molecule has 2 aromatic carbocycles. The fourth-order valence-corrected chi connectivity index (χ4v) is 3.39. The first-order valence-electron chi connectivity index (χ1n) is 10.5. The van der Waals surface area contributed by atoms with Gasteiger partial charge in [0.15, 0.2) is 6.61 Å². The lowest BCUT2D eigenvalue weighted by Gasteiger charge is -2.30. The SMILES string of the molecule is CCCNC(=O)[C@H](CC)N(Cc1ccc(OC)cc1)C(=O)COc1ccc(Br)c(C)c1. The molecule has 0 saturated heterocycles. The van der Waals surface area contributed by atoms with Crippen molar-refractivity contribution in [2.75, 3.05) is 20.3 Å². The van der Waals surface area contributed by atoms with E-state index in [1.54, 1.807) is 12.0 Å². The number of carbonyl (C=O) groups is 2. The highest BCUT2D eigenvalue weighted by atomic mass is 79.9. The first-order valence-corrected chi connectivity index (χ1v) is 11.3. The van der Waals surface area contributed by atoms with Gasteiger partial charge in [0.2, 0.25) is 5.91 Å². The summed E-state index contributed by atoms with van der Waals surface area (Å²) in [7, 11) is 1.61. The fourth-order valence-electron chi connectivity index (χ4n) is 3.15. The van der Waals surface area contributed by atoms with Crippen LogP contribution in [0, 0.1) is 6.92 Å². The number of carbonyl (C=O) groups excluding carboxylic acids is 2. The topological polar surface area (TPSA) is 67.9 Å². The fraction of sp³-hybridized carbons (Fsp3) is 0.417. The molecule has 2 rings (SSSR count). The van der Waals surface area contributed by atoms with Gasteiger partial charge in [0.1, 0.15) is 17.5 Å². The minimum Gasteiger partial charge on any atom is -0.497 e. The first-order chi connectivity index (χ1) is 14.9. The minimum atomic E-state index is -0.573. The number of hydrogen-bond acceptors (Lipinski definition) is 4. The molecule has 0 aromatic heterocycles. The highest BCUT2D eigenvalue weighted by Crippen LogP contribution is 2.22. The second-order valence-electron chi connectivity index (χ2n) is 7.28. The molecular formula is C24H31BrN2O4. The van der Waals surface area contributed by atoms with E-state index in [0.29, 0.717) is 25.3 Å². The molecule has 0 aliphatic rings. The van der Waals surface area contributed by atoms with Gasteiger partial charge in [0.25, 0.3) is 5.91 Å². The van der Waals surface area contributed by atoms with Gasteiger partial charge in [-0.05, 0) is 61.2 Å². The van der Waals surface area contributed by atoms with E-state index in [1.165, 1.54) is 0 Å². The van der Waals surface area contributed by atoms with E-state index in [2.05, 4.69) is 21.2 Å². The molecule has 168 valence electrons. The number of rotatable bonds is 11. The zero-order valence-corrected chi connectivity index (χ0v) is 20.2. The Kier molecular flexibility index (Phi) is 9.85. The number of ether oxygens (including phenoxy) is 2. The molecule has 7 heteroatoms. The molecule has 0 saturated carbocycles. The summed E-state index contributed by atoms with van der Waals surface area (Å²) in [5, 5.41) is 2.91. The Labute approximate surface area is 193 Å². The summed E-state index contributed by atoms with van der Waals surface area (Å²) < 4.78 is 11.9. The molecule has 0 fully saturated rings. The summed E-state index contributed by atoms with van der Waals surface area (Å²) in [4.78, 5) is 27.5. The van der Waals surface area contributed by atoms with Gasteiger partial charge in [-0.15, -0.1) is 0 Å². The van der Waals surface area contributed by atoms with Crippen molar-refractivity contribution in [3.8, 4) is 11.5 Å². The molecule has 6 nitrogen and oxygen atoms in total. The van der Waals surface area contributed by atoms with Crippen molar-refractivity contribution in [3.63, 3.8) is 0 Å². The van der Waals surface area contributed by atoms with E-state index in [-0.39, 0.29) is 18.4 Å². The predicted octanol–water partition coefficient (Wildman–Crippen LogP) is 4.48. The molecule has 1 atom stereocenters. The maximum absolute atomic E-state index is 13.2. The van der Waals surface area contributed by atoms with Crippen molar-refractivity contribution >= 4 is 27.7 Å². The molecule has 0 unspecified atom stereocenters. The van der Waals surface area contributed by atoms with Gasteiger partial charge in [-0.25, -0.2) is 0 Å². The zero-order valence-electron chi connectivity index (χ0n) is 18.6. The molecular weight excluding hydrogens is 460 g/mol. The Bertz CT molecular complexity index is 870. The smallest absolute Gasteiger partial charge is 0.261 e. The third-order valence-corrected chi connectivity index (χ3v) is 5.83. The number of nitrogens with zero attached hydrogens (tertiary/aromatic N) is 1. The zero-order chi connectivity index (χ0) is 22.8. The van der Waals surface area contributed by atoms with Crippen LogP contribution in [0.4, 0.5) is 0 Å². The molecule has 1 N–H and O–H groups in total. The quantitative estimate of drug-likeness (QED) is 0.504. The maximum atomic E-state index is 13.2. The lowest BCUT2D eigenvalue weighted by atomic mass is 10.1. The Morgan fingerprint density at radius 1 is 1.10 bits per heavy atom. The van der Waals surface area contributed by atoms with Gasteiger partial charge < -0.3 is 19.7 Å². The lowest BCUT2D eigenvalue weighted by Crippen LogP contribution is -2.50. The van der Waals surface area contributed by atoms with E-state index < -0.39 is 6.04 Å². The van der Waals surface area contributed by atoms with Crippen LogP contribution in [0.1, 0.15) is 37.8 Å². The van der Waals surface area contributed by atoms with Gasteiger partial charge in [-0.3, -0.25) is 9.59 Å². The van der Waals surface area contributed by atoms with E-state index in [1.807, 2.05) is 63.2 Å². The summed E-state index contributed by atoms with van der Waals surface area (Å²) in [5.41, 5.74) is 1.93. The van der Waals surface area contributed by atoms with Crippen molar-refractivity contribution in [1.82, 2.24) is 10.2 Å². The number of hydrogen-bond donors (Lipinski definition) is 1. The van der Waals surface area contributed by atoms with Crippen LogP contribution < -0.4 is 14.8 Å². The third-order valence-electron chi connectivity index (χ3n) is 4.94. The van der Waals surface area contributed by atoms with Crippen LogP contribution in [0.2, 0.25) is 0 Å². The summed E-state index contributed by atoms with van der Waals surface area (Å²) in [5.74, 6) is 0.964. The second kappa shape index (κ2) is 12.3. The van der Waals surface area contributed by atoms with Crippen molar-refractivity contribution < 1.29 is 19.1 Å². The van der Waals surface area contributed by atoms with E-state index >= 15 is 0 Å². The Morgan fingerprint density at radius 2 is 1.77 bits per heavy atom. The highest BCUT2D eigenvalue weighted by Gasteiger charge is 2.28. The largest absolute Gasteiger partial charge is 0.497 e. The number of nitrogens with one attached hydrogen (secondary N) is 1. The number of benzene rings is 2. The van der Waals surface area contributed by atoms with Crippen LogP contribution in [0.3, 0.4) is 0 Å². The maximum Gasteiger partial charge on any atom is 0.261 e. The van der Waals surface area contributed by atoms with Crippen LogP contribution in [0.25, 0.3) is 0 Å². The normalized spacial score (nSPS) is 11.5.